The third kappa shape index (κ3) is 4.89. The zero-order chi connectivity index (χ0) is 24.9. The van der Waals surface area contributed by atoms with Gasteiger partial charge in [0.05, 0.1) is 25.3 Å². The minimum absolute atomic E-state index is 0.0343. The van der Waals surface area contributed by atoms with Gasteiger partial charge in [0.1, 0.15) is 5.76 Å². The number of aliphatic hydroxyl groups is 1. The van der Waals surface area contributed by atoms with E-state index >= 15 is 0 Å². The summed E-state index contributed by atoms with van der Waals surface area (Å²) in [6.45, 7) is 4.63. The van der Waals surface area contributed by atoms with Crippen LogP contribution >= 0.6 is 0 Å². The minimum Gasteiger partial charge on any atom is -0.507 e. The van der Waals surface area contributed by atoms with Crippen LogP contribution in [0, 0.1) is 6.92 Å². The standard InChI is InChI=1S/C28H28N2O5/c1-4-14-35-22-12-11-21(15-23(22)34-3)25-24(26(31)20-9-7-18(2)8-10-20)27(32)28(33)30(25)17-19-6-5-13-29-16-19/h5-13,15-16,25,31H,4,14,17H2,1-3H3/t25-/m0/s1. The number of pyridine rings is 1. The third-order valence-corrected chi connectivity index (χ3v) is 5.91. The highest BCUT2D eigenvalue weighted by atomic mass is 16.5. The Balaban J connectivity index is 1.85. The highest BCUT2D eigenvalue weighted by molar-refractivity contribution is 6.46. The molecule has 1 aromatic heterocycles. The normalized spacial score (nSPS) is 17.0. The van der Waals surface area contributed by atoms with Crippen molar-refractivity contribution in [3.8, 4) is 11.5 Å². The van der Waals surface area contributed by atoms with Crippen LogP contribution in [0.5, 0.6) is 11.5 Å². The Bertz CT molecular complexity index is 1250. The number of aryl methyl sites for hydroxylation is 1. The van der Waals surface area contributed by atoms with E-state index in [4.69, 9.17) is 9.47 Å². The van der Waals surface area contributed by atoms with Gasteiger partial charge in [-0.2, -0.15) is 0 Å². The summed E-state index contributed by atoms with van der Waals surface area (Å²) in [7, 11) is 1.54. The number of amides is 1. The Labute approximate surface area is 204 Å². The van der Waals surface area contributed by atoms with E-state index in [9.17, 15) is 14.7 Å². The molecule has 2 aromatic carbocycles. The number of methoxy groups -OCH3 is 1. The number of ether oxygens (including phenoxy) is 2. The molecule has 3 aromatic rings. The molecule has 1 amide bonds. The van der Waals surface area contributed by atoms with Gasteiger partial charge in [-0.3, -0.25) is 14.6 Å². The van der Waals surface area contributed by atoms with E-state index in [1.165, 1.54) is 12.0 Å². The van der Waals surface area contributed by atoms with Gasteiger partial charge in [0.2, 0.25) is 0 Å². The molecule has 1 atom stereocenters. The van der Waals surface area contributed by atoms with E-state index in [2.05, 4.69) is 4.98 Å². The van der Waals surface area contributed by atoms with Crippen LogP contribution < -0.4 is 9.47 Å². The molecule has 0 saturated carbocycles. The number of hydrogen-bond acceptors (Lipinski definition) is 6. The Morgan fingerprint density at radius 1 is 1.09 bits per heavy atom. The van der Waals surface area contributed by atoms with Crippen molar-refractivity contribution in [2.75, 3.05) is 13.7 Å². The molecule has 2 heterocycles. The zero-order valence-corrected chi connectivity index (χ0v) is 20.0. The summed E-state index contributed by atoms with van der Waals surface area (Å²) in [5.74, 6) is -0.577. The summed E-state index contributed by atoms with van der Waals surface area (Å²) >= 11 is 0. The lowest BCUT2D eigenvalue weighted by molar-refractivity contribution is -0.140. The first-order valence-corrected chi connectivity index (χ1v) is 11.5. The maximum Gasteiger partial charge on any atom is 0.295 e. The summed E-state index contributed by atoms with van der Waals surface area (Å²) in [5.41, 5.74) is 2.91. The maximum atomic E-state index is 13.3. The zero-order valence-electron chi connectivity index (χ0n) is 20.0. The second-order valence-corrected chi connectivity index (χ2v) is 8.41. The van der Waals surface area contributed by atoms with Crippen molar-refractivity contribution in [2.24, 2.45) is 0 Å². The van der Waals surface area contributed by atoms with Gasteiger partial charge in [0.25, 0.3) is 11.7 Å². The van der Waals surface area contributed by atoms with Crippen molar-refractivity contribution in [1.82, 2.24) is 9.88 Å². The van der Waals surface area contributed by atoms with Crippen LogP contribution in [0.1, 0.15) is 41.6 Å². The molecule has 4 rings (SSSR count). The van der Waals surface area contributed by atoms with E-state index in [1.54, 1.807) is 48.8 Å². The fraction of sp³-hybridized carbons (Fsp3) is 0.250. The molecule has 0 radical (unpaired) electrons. The molecule has 35 heavy (non-hydrogen) atoms. The third-order valence-electron chi connectivity index (χ3n) is 5.91. The molecule has 1 aliphatic heterocycles. The van der Waals surface area contributed by atoms with Crippen molar-refractivity contribution < 1.29 is 24.2 Å². The summed E-state index contributed by atoms with van der Waals surface area (Å²) in [6.07, 6.45) is 4.14. The molecule has 1 saturated heterocycles. The molecule has 1 fully saturated rings. The number of likely N-dealkylation sites (tertiary alicyclic amines) is 1. The van der Waals surface area contributed by atoms with Crippen LogP contribution in [0.3, 0.4) is 0 Å². The predicted molar refractivity (Wildman–Crippen MR) is 132 cm³/mol. The van der Waals surface area contributed by atoms with Gasteiger partial charge >= 0.3 is 0 Å². The van der Waals surface area contributed by atoms with Gasteiger partial charge in [0.15, 0.2) is 11.5 Å². The molecule has 7 nitrogen and oxygen atoms in total. The smallest absolute Gasteiger partial charge is 0.295 e. The highest BCUT2D eigenvalue weighted by Gasteiger charge is 2.46. The fourth-order valence-electron chi connectivity index (χ4n) is 4.13. The van der Waals surface area contributed by atoms with Gasteiger partial charge in [-0.05, 0) is 42.7 Å². The van der Waals surface area contributed by atoms with Crippen LogP contribution in [0.2, 0.25) is 0 Å². The Hall–Kier alpha value is -4.13. The number of carbonyl (C=O) groups excluding carboxylic acids is 2. The first-order valence-electron chi connectivity index (χ1n) is 11.5. The van der Waals surface area contributed by atoms with Crippen molar-refractivity contribution in [3.63, 3.8) is 0 Å². The number of aliphatic hydroxyl groups excluding tert-OH is 1. The second kappa shape index (κ2) is 10.4. The molecular weight excluding hydrogens is 444 g/mol. The van der Waals surface area contributed by atoms with Crippen LogP contribution in [0.25, 0.3) is 5.76 Å². The molecule has 0 spiro atoms. The predicted octanol–water partition coefficient (Wildman–Crippen LogP) is 4.81. The van der Waals surface area contributed by atoms with E-state index in [1.807, 2.05) is 32.0 Å². The molecule has 0 unspecified atom stereocenters. The Morgan fingerprint density at radius 2 is 1.86 bits per heavy atom. The van der Waals surface area contributed by atoms with Crippen LogP contribution in [0.4, 0.5) is 0 Å². The van der Waals surface area contributed by atoms with Crippen molar-refractivity contribution >= 4 is 17.4 Å². The topological polar surface area (TPSA) is 89.0 Å². The maximum absolute atomic E-state index is 13.3. The number of carbonyl (C=O) groups is 2. The first-order chi connectivity index (χ1) is 16.9. The molecule has 7 heteroatoms. The molecular formula is C28H28N2O5. The number of nitrogens with zero attached hydrogens (tertiary/aromatic N) is 2. The largest absolute Gasteiger partial charge is 0.507 e. The fourth-order valence-corrected chi connectivity index (χ4v) is 4.13. The number of hydrogen-bond donors (Lipinski definition) is 1. The number of benzene rings is 2. The lowest BCUT2D eigenvalue weighted by atomic mass is 9.94. The number of ketones is 1. The van der Waals surface area contributed by atoms with Crippen LogP contribution in [-0.2, 0) is 16.1 Å². The van der Waals surface area contributed by atoms with Crippen LogP contribution in [0.15, 0.2) is 72.6 Å². The summed E-state index contributed by atoms with van der Waals surface area (Å²) < 4.78 is 11.3. The monoisotopic (exact) mass is 472 g/mol. The molecule has 0 bridgehead atoms. The van der Waals surface area contributed by atoms with E-state index in [0.29, 0.717) is 29.2 Å². The molecule has 180 valence electrons. The SMILES string of the molecule is CCCOc1ccc([C@H]2C(=C(O)c3ccc(C)cc3)C(=O)C(=O)N2Cc2cccnc2)cc1OC. The number of aromatic nitrogens is 1. The quantitative estimate of drug-likeness (QED) is 0.288. The number of Topliss-reactive ketones (excluding diaryl/α,β-unsaturated/α-hetero) is 1. The summed E-state index contributed by atoms with van der Waals surface area (Å²) in [4.78, 5) is 32.0. The van der Waals surface area contributed by atoms with E-state index in [0.717, 1.165) is 17.5 Å². The van der Waals surface area contributed by atoms with Crippen molar-refractivity contribution in [3.05, 3.63) is 94.8 Å². The van der Waals surface area contributed by atoms with Crippen LogP contribution in [-0.4, -0.2) is 40.4 Å². The van der Waals surface area contributed by atoms with Gasteiger partial charge in [0, 0.05) is 24.5 Å². The number of rotatable bonds is 8. The lowest BCUT2D eigenvalue weighted by Gasteiger charge is -2.26. The molecule has 1 N–H and O–H groups in total. The molecule has 1 aliphatic rings. The van der Waals surface area contributed by atoms with Crippen molar-refractivity contribution in [1.29, 1.82) is 0 Å². The van der Waals surface area contributed by atoms with E-state index in [-0.39, 0.29) is 17.9 Å². The van der Waals surface area contributed by atoms with Gasteiger partial charge in [-0.1, -0.05) is 48.9 Å². The average Bonchev–Trinajstić information content (AvgIpc) is 3.13. The lowest BCUT2D eigenvalue weighted by Crippen LogP contribution is -2.29. The summed E-state index contributed by atoms with van der Waals surface area (Å²) in [6, 6.07) is 15.3. The Morgan fingerprint density at radius 3 is 2.51 bits per heavy atom. The van der Waals surface area contributed by atoms with Gasteiger partial charge in [-0.15, -0.1) is 0 Å². The van der Waals surface area contributed by atoms with Gasteiger partial charge < -0.3 is 19.5 Å². The minimum atomic E-state index is -0.814. The molecule has 0 aliphatic carbocycles. The second-order valence-electron chi connectivity index (χ2n) is 8.41. The van der Waals surface area contributed by atoms with E-state index < -0.39 is 17.7 Å². The average molecular weight is 473 g/mol. The Kier molecular flexibility index (Phi) is 7.15. The highest BCUT2D eigenvalue weighted by Crippen LogP contribution is 2.42. The first kappa shape index (κ1) is 24.0. The van der Waals surface area contributed by atoms with Crippen molar-refractivity contribution in [2.45, 2.75) is 32.9 Å². The van der Waals surface area contributed by atoms with Gasteiger partial charge in [-0.25, -0.2) is 0 Å². The summed E-state index contributed by atoms with van der Waals surface area (Å²) in [5, 5.41) is 11.2.